The lowest BCUT2D eigenvalue weighted by molar-refractivity contribution is 0.104. The summed E-state index contributed by atoms with van der Waals surface area (Å²) in [7, 11) is 0. The van der Waals surface area contributed by atoms with E-state index in [1.54, 1.807) is 6.08 Å². The largest absolute Gasteiger partial charge is 0.461 e. The third-order valence-corrected chi connectivity index (χ3v) is 3.12. The van der Waals surface area contributed by atoms with Crippen LogP contribution < -0.4 is 0 Å². The van der Waals surface area contributed by atoms with Gasteiger partial charge in [-0.05, 0) is 18.2 Å². The van der Waals surface area contributed by atoms with Crippen LogP contribution in [0.3, 0.4) is 0 Å². The molecule has 0 atom stereocenters. The second kappa shape index (κ2) is 5.57. The van der Waals surface area contributed by atoms with Gasteiger partial charge in [-0.1, -0.05) is 54.6 Å². The standard InChI is InChI=1S/C18H14O2/c19-17(14-7-2-1-3-8-14)11-6-10-16-13-15-9-4-5-12-18(15)20-16/h1-9,11-13H,10H2/b11-6+. The molecule has 1 aromatic heterocycles. The molecule has 0 aliphatic rings. The highest BCUT2D eigenvalue weighted by Crippen LogP contribution is 2.19. The maximum absolute atomic E-state index is 11.9. The number of allylic oxidation sites excluding steroid dienone is 2. The smallest absolute Gasteiger partial charge is 0.185 e. The molecule has 0 amide bonds. The molecule has 0 N–H and O–H groups in total. The molecule has 0 unspecified atom stereocenters. The van der Waals surface area contributed by atoms with Crippen molar-refractivity contribution in [2.75, 3.05) is 0 Å². The summed E-state index contributed by atoms with van der Waals surface area (Å²) < 4.78 is 5.69. The minimum Gasteiger partial charge on any atom is -0.461 e. The average molecular weight is 262 g/mol. The molecule has 3 aromatic rings. The molecule has 0 saturated heterocycles. The predicted molar refractivity (Wildman–Crippen MR) is 79.8 cm³/mol. The third-order valence-electron chi connectivity index (χ3n) is 3.12. The number of ketones is 1. The van der Waals surface area contributed by atoms with Crippen molar-refractivity contribution in [3.8, 4) is 0 Å². The van der Waals surface area contributed by atoms with Crippen molar-refractivity contribution < 1.29 is 9.21 Å². The van der Waals surface area contributed by atoms with Gasteiger partial charge in [-0.2, -0.15) is 0 Å². The van der Waals surface area contributed by atoms with Gasteiger partial charge in [0.05, 0.1) is 0 Å². The first-order valence-corrected chi connectivity index (χ1v) is 6.56. The van der Waals surface area contributed by atoms with Crippen LogP contribution in [0.2, 0.25) is 0 Å². The number of hydrogen-bond acceptors (Lipinski definition) is 2. The molecule has 0 saturated carbocycles. The van der Waals surface area contributed by atoms with E-state index in [-0.39, 0.29) is 5.78 Å². The summed E-state index contributed by atoms with van der Waals surface area (Å²) in [6.07, 6.45) is 4.06. The van der Waals surface area contributed by atoms with Gasteiger partial charge < -0.3 is 4.42 Å². The molecular weight excluding hydrogens is 248 g/mol. The van der Waals surface area contributed by atoms with Gasteiger partial charge in [-0.15, -0.1) is 0 Å². The zero-order chi connectivity index (χ0) is 13.8. The van der Waals surface area contributed by atoms with Crippen LogP contribution in [0.1, 0.15) is 16.1 Å². The van der Waals surface area contributed by atoms with Crippen LogP contribution in [0.15, 0.2) is 77.2 Å². The van der Waals surface area contributed by atoms with E-state index in [1.165, 1.54) is 0 Å². The minimum absolute atomic E-state index is 0.0155. The number of rotatable bonds is 4. The number of benzene rings is 2. The van der Waals surface area contributed by atoms with Crippen molar-refractivity contribution >= 4 is 16.8 Å². The first-order valence-electron chi connectivity index (χ1n) is 6.56. The minimum atomic E-state index is 0.0155. The molecule has 0 fully saturated rings. The summed E-state index contributed by atoms with van der Waals surface area (Å²) in [6.45, 7) is 0. The number of fused-ring (bicyclic) bond motifs is 1. The first-order chi connectivity index (χ1) is 9.83. The van der Waals surface area contributed by atoms with Crippen LogP contribution in [0.4, 0.5) is 0 Å². The van der Waals surface area contributed by atoms with Crippen molar-refractivity contribution in [1.82, 2.24) is 0 Å². The van der Waals surface area contributed by atoms with Gasteiger partial charge in [0, 0.05) is 17.4 Å². The Bertz CT molecular complexity index is 718. The lowest BCUT2D eigenvalue weighted by Crippen LogP contribution is -1.93. The molecule has 98 valence electrons. The molecule has 2 aromatic carbocycles. The Morgan fingerprint density at radius 2 is 1.75 bits per heavy atom. The lowest BCUT2D eigenvalue weighted by atomic mass is 10.1. The van der Waals surface area contributed by atoms with Crippen molar-refractivity contribution in [3.05, 3.63) is 84.1 Å². The Morgan fingerprint density at radius 3 is 2.55 bits per heavy atom. The zero-order valence-electron chi connectivity index (χ0n) is 11.0. The molecule has 0 aliphatic carbocycles. The van der Waals surface area contributed by atoms with Crippen LogP contribution >= 0.6 is 0 Å². The van der Waals surface area contributed by atoms with Crippen LogP contribution in [0.5, 0.6) is 0 Å². The van der Waals surface area contributed by atoms with Gasteiger partial charge >= 0.3 is 0 Å². The highest BCUT2D eigenvalue weighted by Gasteiger charge is 2.02. The highest BCUT2D eigenvalue weighted by molar-refractivity contribution is 6.04. The van der Waals surface area contributed by atoms with Crippen molar-refractivity contribution in [2.24, 2.45) is 0 Å². The predicted octanol–water partition coefficient (Wildman–Crippen LogP) is 4.41. The number of para-hydroxylation sites is 1. The van der Waals surface area contributed by atoms with Gasteiger partial charge in [0.25, 0.3) is 0 Å². The normalized spacial score (nSPS) is 11.2. The Balaban J connectivity index is 1.70. The molecule has 2 heteroatoms. The van der Waals surface area contributed by atoms with Gasteiger partial charge in [0.1, 0.15) is 11.3 Å². The number of carbonyl (C=O) groups is 1. The fourth-order valence-electron chi connectivity index (χ4n) is 2.12. The van der Waals surface area contributed by atoms with E-state index in [0.29, 0.717) is 12.0 Å². The van der Waals surface area contributed by atoms with E-state index in [2.05, 4.69) is 0 Å². The Hall–Kier alpha value is -2.61. The number of carbonyl (C=O) groups excluding carboxylic acids is 1. The molecule has 1 heterocycles. The Morgan fingerprint density at radius 1 is 1.00 bits per heavy atom. The van der Waals surface area contributed by atoms with Crippen LogP contribution in [-0.2, 0) is 6.42 Å². The summed E-state index contributed by atoms with van der Waals surface area (Å²) in [4.78, 5) is 11.9. The quantitative estimate of drug-likeness (QED) is 0.515. The van der Waals surface area contributed by atoms with E-state index in [1.807, 2.05) is 66.7 Å². The van der Waals surface area contributed by atoms with Gasteiger partial charge in [0.15, 0.2) is 5.78 Å². The molecular formula is C18H14O2. The van der Waals surface area contributed by atoms with E-state index in [0.717, 1.165) is 16.7 Å². The summed E-state index contributed by atoms with van der Waals surface area (Å²) in [5, 5.41) is 1.09. The second-order valence-electron chi connectivity index (χ2n) is 4.59. The molecule has 0 bridgehead atoms. The Labute approximate surface area is 117 Å². The van der Waals surface area contributed by atoms with E-state index in [4.69, 9.17) is 4.42 Å². The van der Waals surface area contributed by atoms with Crippen LogP contribution in [-0.4, -0.2) is 5.78 Å². The summed E-state index contributed by atoms with van der Waals surface area (Å²) >= 11 is 0. The molecule has 0 spiro atoms. The zero-order valence-corrected chi connectivity index (χ0v) is 11.0. The fourth-order valence-corrected chi connectivity index (χ4v) is 2.12. The monoisotopic (exact) mass is 262 g/mol. The van der Waals surface area contributed by atoms with Crippen molar-refractivity contribution in [1.29, 1.82) is 0 Å². The Kier molecular flexibility index (Phi) is 3.46. The topological polar surface area (TPSA) is 30.2 Å². The molecule has 2 nitrogen and oxygen atoms in total. The van der Waals surface area contributed by atoms with Gasteiger partial charge in [-0.3, -0.25) is 4.79 Å². The number of hydrogen-bond donors (Lipinski definition) is 0. The van der Waals surface area contributed by atoms with Gasteiger partial charge in [-0.25, -0.2) is 0 Å². The second-order valence-corrected chi connectivity index (χ2v) is 4.59. The first kappa shape index (κ1) is 12.4. The van der Waals surface area contributed by atoms with Crippen molar-refractivity contribution in [3.63, 3.8) is 0 Å². The fraction of sp³-hybridized carbons (Fsp3) is 0.0556. The lowest BCUT2D eigenvalue weighted by Gasteiger charge is -1.93. The van der Waals surface area contributed by atoms with Crippen LogP contribution in [0, 0.1) is 0 Å². The third kappa shape index (κ3) is 2.69. The van der Waals surface area contributed by atoms with E-state index >= 15 is 0 Å². The highest BCUT2D eigenvalue weighted by atomic mass is 16.3. The van der Waals surface area contributed by atoms with E-state index < -0.39 is 0 Å². The molecule has 20 heavy (non-hydrogen) atoms. The summed E-state index contributed by atoms with van der Waals surface area (Å²) in [5.41, 5.74) is 1.58. The molecule has 3 rings (SSSR count). The summed E-state index contributed by atoms with van der Waals surface area (Å²) in [6, 6.07) is 19.1. The van der Waals surface area contributed by atoms with Crippen molar-refractivity contribution in [2.45, 2.75) is 6.42 Å². The molecule has 0 radical (unpaired) electrons. The van der Waals surface area contributed by atoms with Crippen LogP contribution in [0.25, 0.3) is 11.0 Å². The average Bonchev–Trinajstić information content (AvgIpc) is 2.90. The maximum atomic E-state index is 11.9. The maximum Gasteiger partial charge on any atom is 0.185 e. The number of furan rings is 1. The van der Waals surface area contributed by atoms with Gasteiger partial charge in [0.2, 0.25) is 0 Å². The SMILES string of the molecule is O=C(/C=C/Cc1cc2ccccc2o1)c1ccccc1. The van der Waals surface area contributed by atoms with E-state index in [9.17, 15) is 4.79 Å². The molecule has 0 aliphatic heterocycles. The summed E-state index contributed by atoms with van der Waals surface area (Å²) in [5.74, 6) is 0.880.